The number of aromatic carboxylic acids is 1. The molecule has 1 heterocycles. The van der Waals surface area contributed by atoms with Crippen LogP contribution in [0.3, 0.4) is 0 Å². The molecule has 7 nitrogen and oxygen atoms in total. The Kier molecular flexibility index (Phi) is 4.43. The van der Waals surface area contributed by atoms with E-state index in [1.165, 1.54) is 12.1 Å². The minimum atomic E-state index is -1.19. The van der Waals surface area contributed by atoms with Crippen molar-refractivity contribution >= 4 is 17.3 Å². The highest BCUT2D eigenvalue weighted by molar-refractivity contribution is 5.90. The van der Waals surface area contributed by atoms with E-state index >= 15 is 0 Å². The maximum atomic E-state index is 11.2. The van der Waals surface area contributed by atoms with Crippen LogP contribution in [0.2, 0.25) is 0 Å². The predicted octanol–water partition coefficient (Wildman–Crippen LogP) is 2.80. The Morgan fingerprint density at radius 2 is 1.88 bits per heavy atom. The average molecular weight is 328 g/mol. The van der Waals surface area contributed by atoms with Crippen molar-refractivity contribution in [2.24, 2.45) is 0 Å². The van der Waals surface area contributed by atoms with Crippen LogP contribution in [-0.2, 0) is 4.74 Å². The molecule has 2 aromatic carbocycles. The number of carboxylic acids is 1. The lowest BCUT2D eigenvalue weighted by Crippen LogP contribution is -2.36. The topological polar surface area (TPSA) is 92.9 Å². The Balaban J connectivity index is 2.01. The van der Waals surface area contributed by atoms with Gasteiger partial charge in [0.25, 0.3) is 5.69 Å². The first kappa shape index (κ1) is 15.9. The molecule has 0 aliphatic carbocycles. The number of non-ortho nitro benzene ring substituents is 1. The number of ether oxygens (including phenoxy) is 1. The fraction of sp³-hybridized carbons (Fsp3) is 0.235. The lowest BCUT2D eigenvalue weighted by molar-refractivity contribution is -0.384. The molecule has 0 aromatic heterocycles. The van der Waals surface area contributed by atoms with E-state index in [1.54, 1.807) is 0 Å². The molecule has 7 heteroatoms. The van der Waals surface area contributed by atoms with Crippen LogP contribution >= 0.6 is 0 Å². The third kappa shape index (κ3) is 3.36. The number of nitro benzene ring substituents is 1. The molecule has 1 fully saturated rings. The minimum absolute atomic E-state index is 0.101. The van der Waals surface area contributed by atoms with Crippen molar-refractivity contribution < 1.29 is 19.6 Å². The van der Waals surface area contributed by atoms with Gasteiger partial charge in [0.2, 0.25) is 0 Å². The van der Waals surface area contributed by atoms with Gasteiger partial charge in [-0.05, 0) is 29.3 Å². The van der Waals surface area contributed by atoms with Crippen LogP contribution in [0.25, 0.3) is 11.1 Å². The number of rotatable bonds is 4. The number of carboxylic acid groups (broad SMARTS) is 1. The first-order valence-corrected chi connectivity index (χ1v) is 7.50. The number of nitrogens with zero attached hydrogens (tertiary/aromatic N) is 2. The molecule has 0 radical (unpaired) electrons. The van der Waals surface area contributed by atoms with E-state index < -0.39 is 10.9 Å². The summed E-state index contributed by atoms with van der Waals surface area (Å²) in [6.45, 7) is 2.87. The lowest BCUT2D eigenvalue weighted by Gasteiger charge is -2.29. The smallest absolute Gasteiger partial charge is 0.335 e. The van der Waals surface area contributed by atoms with Gasteiger partial charge in [-0.2, -0.15) is 0 Å². The Labute approximate surface area is 138 Å². The molecular weight excluding hydrogens is 312 g/mol. The second kappa shape index (κ2) is 6.67. The molecule has 124 valence electrons. The van der Waals surface area contributed by atoms with Gasteiger partial charge < -0.3 is 14.7 Å². The third-order valence-corrected chi connectivity index (χ3v) is 3.93. The molecule has 1 N–H and O–H groups in total. The predicted molar refractivity (Wildman–Crippen MR) is 88.5 cm³/mol. The summed E-state index contributed by atoms with van der Waals surface area (Å²) < 4.78 is 5.34. The van der Waals surface area contributed by atoms with Crippen molar-refractivity contribution in [2.75, 3.05) is 31.2 Å². The van der Waals surface area contributed by atoms with E-state index in [0.29, 0.717) is 18.8 Å². The summed E-state index contributed by atoms with van der Waals surface area (Å²) in [7, 11) is 0. The summed E-state index contributed by atoms with van der Waals surface area (Å²) in [6, 6.07) is 11.5. The Bertz CT molecular complexity index is 752. The molecule has 0 spiro atoms. The van der Waals surface area contributed by atoms with Crippen molar-refractivity contribution in [1.82, 2.24) is 0 Å². The second-order valence-corrected chi connectivity index (χ2v) is 5.48. The lowest BCUT2D eigenvalue weighted by atomic mass is 10.0. The van der Waals surface area contributed by atoms with E-state index in [0.717, 1.165) is 30.4 Å². The van der Waals surface area contributed by atoms with Gasteiger partial charge in [-0.15, -0.1) is 0 Å². The summed E-state index contributed by atoms with van der Waals surface area (Å²) in [4.78, 5) is 23.9. The summed E-state index contributed by atoms with van der Waals surface area (Å²) in [5.74, 6) is -1.19. The highest BCUT2D eigenvalue weighted by Crippen LogP contribution is 2.29. The molecule has 3 rings (SSSR count). The van der Waals surface area contributed by atoms with Crippen LogP contribution in [-0.4, -0.2) is 42.3 Å². The summed E-state index contributed by atoms with van der Waals surface area (Å²) in [5.41, 5.74) is 1.90. The number of anilines is 1. The van der Waals surface area contributed by atoms with Crippen molar-refractivity contribution in [2.45, 2.75) is 0 Å². The molecule has 2 aromatic rings. The van der Waals surface area contributed by atoms with Crippen LogP contribution < -0.4 is 4.90 Å². The van der Waals surface area contributed by atoms with E-state index in [2.05, 4.69) is 4.90 Å². The van der Waals surface area contributed by atoms with Crippen molar-refractivity contribution in [3.8, 4) is 11.1 Å². The SMILES string of the molecule is O=C(O)c1cc(-c2cccc(N3CCOCC3)c2)cc([N+](=O)[O-])c1. The van der Waals surface area contributed by atoms with Crippen molar-refractivity contribution in [1.29, 1.82) is 0 Å². The zero-order valence-electron chi connectivity index (χ0n) is 12.8. The highest BCUT2D eigenvalue weighted by Gasteiger charge is 2.16. The number of hydrogen-bond acceptors (Lipinski definition) is 5. The quantitative estimate of drug-likeness (QED) is 0.685. The van der Waals surface area contributed by atoms with Gasteiger partial charge in [0.15, 0.2) is 0 Å². The maximum Gasteiger partial charge on any atom is 0.335 e. The normalized spacial score (nSPS) is 14.4. The molecule has 0 atom stereocenters. The number of morpholine rings is 1. The van der Waals surface area contributed by atoms with Gasteiger partial charge in [0.05, 0.1) is 23.7 Å². The van der Waals surface area contributed by atoms with Gasteiger partial charge in [-0.3, -0.25) is 10.1 Å². The molecule has 0 amide bonds. The molecule has 1 aliphatic heterocycles. The van der Waals surface area contributed by atoms with E-state index in [1.807, 2.05) is 24.3 Å². The van der Waals surface area contributed by atoms with Crippen LogP contribution in [0.1, 0.15) is 10.4 Å². The Hall–Kier alpha value is -2.93. The number of nitro groups is 1. The van der Waals surface area contributed by atoms with Crippen LogP contribution in [0.15, 0.2) is 42.5 Å². The average Bonchev–Trinajstić information content (AvgIpc) is 2.62. The Morgan fingerprint density at radius 3 is 2.54 bits per heavy atom. The number of hydrogen-bond donors (Lipinski definition) is 1. The van der Waals surface area contributed by atoms with E-state index in [4.69, 9.17) is 4.74 Å². The third-order valence-electron chi connectivity index (χ3n) is 3.93. The number of benzene rings is 2. The molecule has 1 saturated heterocycles. The largest absolute Gasteiger partial charge is 0.478 e. The maximum absolute atomic E-state index is 11.2. The van der Waals surface area contributed by atoms with Crippen LogP contribution in [0.5, 0.6) is 0 Å². The summed E-state index contributed by atoms with van der Waals surface area (Å²) >= 11 is 0. The van der Waals surface area contributed by atoms with Crippen molar-refractivity contribution in [3.63, 3.8) is 0 Å². The van der Waals surface area contributed by atoms with Gasteiger partial charge in [0.1, 0.15) is 0 Å². The van der Waals surface area contributed by atoms with Crippen LogP contribution in [0, 0.1) is 10.1 Å². The molecule has 0 saturated carbocycles. The number of carbonyl (C=O) groups is 1. The standard InChI is InChI=1S/C17H16N2O5/c20-17(21)14-8-13(10-16(11-14)19(22)23)12-2-1-3-15(9-12)18-4-6-24-7-5-18/h1-3,8-11H,4-7H2,(H,20,21). The molecular formula is C17H16N2O5. The van der Waals surface area contributed by atoms with Gasteiger partial charge in [-0.25, -0.2) is 4.79 Å². The van der Waals surface area contributed by atoms with Gasteiger partial charge >= 0.3 is 5.97 Å². The van der Waals surface area contributed by atoms with Gasteiger partial charge in [0, 0.05) is 30.9 Å². The summed E-state index contributed by atoms with van der Waals surface area (Å²) in [6.07, 6.45) is 0. The molecule has 24 heavy (non-hydrogen) atoms. The van der Waals surface area contributed by atoms with E-state index in [-0.39, 0.29) is 11.3 Å². The molecule has 1 aliphatic rings. The first-order chi connectivity index (χ1) is 11.5. The zero-order chi connectivity index (χ0) is 17.1. The fourth-order valence-corrected chi connectivity index (χ4v) is 2.71. The highest BCUT2D eigenvalue weighted by atomic mass is 16.6. The molecule has 0 unspecified atom stereocenters. The molecule has 0 bridgehead atoms. The van der Waals surface area contributed by atoms with Crippen LogP contribution in [0.4, 0.5) is 11.4 Å². The Morgan fingerprint density at radius 1 is 1.12 bits per heavy atom. The van der Waals surface area contributed by atoms with Crippen molar-refractivity contribution in [3.05, 3.63) is 58.1 Å². The van der Waals surface area contributed by atoms with E-state index in [9.17, 15) is 20.0 Å². The minimum Gasteiger partial charge on any atom is -0.478 e. The fourth-order valence-electron chi connectivity index (χ4n) is 2.71. The summed E-state index contributed by atoms with van der Waals surface area (Å²) in [5, 5.41) is 20.2. The second-order valence-electron chi connectivity index (χ2n) is 5.48. The first-order valence-electron chi connectivity index (χ1n) is 7.50. The zero-order valence-corrected chi connectivity index (χ0v) is 12.8. The monoisotopic (exact) mass is 328 g/mol. The van der Waals surface area contributed by atoms with Gasteiger partial charge in [-0.1, -0.05) is 12.1 Å².